The van der Waals surface area contributed by atoms with Gasteiger partial charge in [-0.3, -0.25) is 0 Å². The maximum Gasteiger partial charge on any atom is 0.343 e. The molecule has 0 atom stereocenters. The Balaban J connectivity index is 3.29. The van der Waals surface area contributed by atoms with E-state index < -0.39 is 5.97 Å². The van der Waals surface area contributed by atoms with Gasteiger partial charge in [0.05, 0.1) is 12.3 Å². The van der Waals surface area contributed by atoms with E-state index >= 15 is 0 Å². The highest BCUT2D eigenvalue weighted by molar-refractivity contribution is 7.98. The van der Waals surface area contributed by atoms with Gasteiger partial charge in [-0.2, -0.15) is 0 Å². The molecule has 0 bridgehead atoms. The van der Waals surface area contributed by atoms with Crippen molar-refractivity contribution in [2.45, 2.75) is 19.0 Å². The Bertz CT molecular complexity index is 515. The van der Waals surface area contributed by atoms with E-state index in [1.165, 1.54) is 24.2 Å². The van der Waals surface area contributed by atoms with Crippen molar-refractivity contribution in [2.75, 3.05) is 12.9 Å². The lowest BCUT2D eigenvalue weighted by Gasteiger charge is -2.08. The summed E-state index contributed by atoms with van der Waals surface area (Å²) in [5.74, 6) is -0.190. The number of allylic oxidation sites excluding steroid dienone is 1. The van der Waals surface area contributed by atoms with Gasteiger partial charge in [0.25, 0.3) is 0 Å². The first-order valence-electron chi connectivity index (χ1n) is 5.64. The summed E-state index contributed by atoms with van der Waals surface area (Å²) in [4.78, 5) is 24.4. The summed E-state index contributed by atoms with van der Waals surface area (Å²) < 4.78 is 4.99. The number of aromatic nitrogens is 2. The van der Waals surface area contributed by atoms with E-state index in [9.17, 15) is 4.79 Å². The molecule has 0 saturated carbocycles. The van der Waals surface area contributed by atoms with E-state index in [4.69, 9.17) is 10.5 Å². The highest BCUT2D eigenvalue weighted by Gasteiger charge is 2.19. The number of ether oxygens (including phenoxy) is 1. The number of carbonyl (C=O) groups is 1. The Labute approximate surface area is 116 Å². The fraction of sp³-hybridized carbons (Fsp3) is 0.333. The number of hydrogen-bond donors (Lipinski definition) is 1. The molecule has 0 radical (unpaired) electrons. The molecule has 2 N–H and O–H groups in total. The second-order valence-electron chi connectivity index (χ2n) is 3.38. The van der Waals surface area contributed by atoms with Crippen molar-refractivity contribution in [1.82, 2.24) is 9.97 Å². The first-order chi connectivity index (χ1) is 9.13. The first kappa shape index (κ1) is 15.2. The predicted molar refractivity (Wildman–Crippen MR) is 76.0 cm³/mol. The number of esters is 1. The molecule has 0 fully saturated rings. The van der Waals surface area contributed by atoms with Crippen molar-refractivity contribution in [2.24, 2.45) is 10.7 Å². The Morgan fingerprint density at radius 3 is 2.84 bits per heavy atom. The molecular weight excluding hydrogens is 264 g/mol. The molecule has 6 nitrogen and oxygen atoms in total. The van der Waals surface area contributed by atoms with E-state index in [1.807, 2.05) is 6.26 Å². The summed E-state index contributed by atoms with van der Waals surface area (Å²) in [6.07, 6.45) is 6.21. The Morgan fingerprint density at radius 2 is 2.26 bits per heavy atom. The van der Waals surface area contributed by atoms with Crippen molar-refractivity contribution in [3.05, 3.63) is 23.5 Å². The molecule has 0 unspecified atom stereocenters. The number of nitrogens with zero attached hydrogens (tertiary/aromatic N) is 3. The maximum absolute atomic E-state index is 11.9. The molecule has 19 heavy (non-hydrogen) atoms. The van der Waals surface area contributed by atoms with Gasteiger partial charge in [0, 0.05) is 6.21 Å². The fourth-order valence-corrected chi connectivity index (χ4v) is 1.73. The van der Waals surface area contributed by atoms with Crippen molar-refractivity contribution >= 4 is 29.8 Å². The first-order valence-corrected chi connectivity index (χ1v) is 6.87. The lowest BCUT2D eigenvalue weighted by atomic mass is 10.2. The summed E-state index contributed by atoms with van der Waals surface area (Å²) in [5, 5.41) is 0.550. The number of thioether (sulfide) groups is 1. The van der Waals surface area contributed by atoms with Crippen LogP contribution in [0.5, 0.6) is 0 Å². The van der Waals surface area contributed by atoms with Gasteiger partial charge in [-0.15, -0.1) is 0 Å². The van der Waals surface area contributed by atoms with Crippen molar-refractivity contribution in [3.63, 3.8) is 0 Å². The van der Waals surface area contributed by atoms with Gasteiger partial charge >= 0.3 is 5.97 Å². The van der Waals surface area contributed by atoms with Crippen LogP contribution in [0, 0.1) is 6.92 Å². The zero-order valence-corrected chi connectivity index (χ0v) is 11.9. The van der Waals surface area contributed by atoms with Gasteiger partial charge in [0.15, 0.2) is 11.0 Å². The van der Waals surface area contributed by atoms with Gasteiger partial charge in [-0.25, -0.2) is 19.8 Å². The van der Waals surface area contributed by atoms with Gasteiger partial charge in [-0.05, 0) is 32.4 Å². The molecule has 102 valence electrons. The third kappa shape index (κ3) is 4.06. The van der Waals surface area contributed by atoms with Crippen LogP contribution in [0.1, 0.15) is 23.0 Å². The Kier molecular flexibility index (Phi) is 6.01. The van der Waals surface area contributed by atoms with Crippen LogP contribution < -0.4 is 5.73 Å². The monoisotopic (exact) mass is 280 g/mol. The molecule has 1 aromatic heterocycles. The largest absolute Gasteiger partial charge is 0.462 e. The van der Waals surface area contributed by atoms with Crippen molar-refractivity contribution in [3.8, 4) is 0 Å². The SMILES string of the molecule is CCOC(=O)c1c(C)nc(SC)nc1N=CC=CN. The molecule has 0 aliphatic rings. The van der Waals surface area contributed by atoms with Crippen LogP contribution in [0.3, 0.4) is 0 Å². The molecule has 1 rings (SSSR count). The Morgan fingerprint density at radius 1 is 1.53 bits per heavy atom. The van der Waals surface area contributed by atoms with Crippen LogP contribution in [0.2, 0.25) is 0 Å². The van der Waals surface area contributed by atoms with Gasteiger partial charge in [0.2, 0.25) is 0 Å². The number of carbonyl (C=O) groups excluding carboxylic acids is 1. The minimum Gasteiger partial charge on any atom is -0.462 e. The normalized spacial score (nSPS) is 11.3. The van der Waals surface area contributed by atoms with Gasteiger partial charge < -0.3 is 10.5 Å². The van der Waals surface area contributed by atoms with Crippen LogP contribution in [-0.4, -0.2) is 35.0 Å². The minimum absolute atomic E-state index is 0.279. The quantitative estimate of drug-likeness (QED) is 0.383. The lowest BCUT2D eigenvalue weighted by Crippen LogP contribution is -2.10. The average Bonchev–Trinajstić information content (AvgIpc) is 2.38. The molecule has 0 aliphatic carbocycles. The highest BCUT2D eigenvalue weighted by Crippen LogP contribution is 2.23. The number of aliphatic imine (C=N–C) groups is 1. The summed E-state index contributed by atoms with van der Waals surface area (Å²) in [7, 11) is 0. The third-order valence-corrected chi connectivity index (χ3v) is 2.65. The summed E-state index contributed by atoms with van der Waals surface area (Å²) in [5.41, 5.74) is 6.05. The molecule has 1 heterocycles. The average molecular weight is 280 g/mol. The lowest BCUT2D eigenvalue weighted by molar-refractivity contribution is 0.0525. The van der Waals surface area contributed by atoms with Crippen LogP contribution in [0.25, 0.3) is 0 Å². The predicted octanol–water partition coefficient (Wildman–Crippen LogP) is 1.86. The van der Waals surface area contributed by atoms with Crippen LogP contribution in [0.15, 0.2) is 22.4 Å². The minimum atomic E-state index is -0.475. The van der Waals surface area contributed by atoms with Crippen molar-refractivity contribution < 1.29 is 9.53 Å². The number of rotatable bonds is 5. The number of nitrogens with two attached hydrogens (primary N) is 1. The van der Waals surface area contributed by atoms with Gasteiger partial charge in [0.1, 0.15) is 5.56 Å². The molecule has 0 amide bonds. The topological polar surface area (TPSA) is 90.5 Å². The van der Waals surface area contributed by atoms with E-state index in [0.29, 0.717) is 10.9 Å². The fourth-order valence-electron chi connectivity index (χ4n) is 1.32. The van der Waals surface area contributed by atoms with E-state index in [1.54, 1.807) is 19.9 Å². The molecule has 1 aromatic rings. The number of hydrogen-bond acceptors (Lipinski definition) is 7. The van der Waals surface area contributed by atoms with E-state index in [0.717, 1.165) is 0 Å². The van der Waals surface area contributed by atoms with E-state index in [2.05, 4.69) is 15.0 Å². The Hall–Kier alpha value is -1.89. The summed E-state index contributed by atoms with van der Waals surface area (Å²) in [6.45, 7) is 3.75. The smallest absolute Gasteiger partial charge is 0.343 e. The van der Waals surface area contributed by atoms with Crippen LogP contribution in [0.4, 0.5) is 5.82 Å². The second kappa shape index (κ2) is 7.52. The molecule has 7 heteroatoms. The standard InChI is InChI=1S/C12H16N4O2S/c1-4-18-11(17)9-8(2)15-12(19-3)16-10(9)14-7-5-6-13/h5-7H,4,13H2,1-3H3. The molecule has 0 saturated heterocycles. The van der Waals surface area contributed by atoms with Crippen molar-refractivity contribution in [1.29, 1.82) is 0 Å². The highest BCUT2D eigenvalue weighted by atomic mass is 32.2. The third-order valence-electron chi connectivity index (χ3n) is 2.11. The maximum atomic E-state index is 11.9. The summed E-state index contributed by atoms with van der Waals surface area (Å²) in [6, 6.07) is 0. The zero-order valence-electron chi connectivity index (χ0n) is 11.1. The second-order valence-corrected chi connectivity index (χ2v) is 4.15. The van der Waals surface area contributed by atoms with Crippen LogP contribution in [-0.2, 0) is 4.74 Å². The van der Waals surface area contributed by atoms with Gasteiger partial charge in [-0.1, -0.05) is 11.8 Å². The molecule has 0 spiro atoms. The molecular formula is C12H16N4O2S. The molecule has 0 aliphatic heterocycles. The summed E-state index contributed by atoms with van der Waals surface area (Å²) >= 11 is 1.38. The molecule has 0 aromatic carbocycles. The van der Waals surface area contributed by atoms with Crippen LogP contribution >= 0.6 is 11.8 Å². The van der Waals surface area contributed by atoms with E-state index in [-0.39, 0.29) is 18.0 Å². The number of aryl methyl sites for hydroxylation is 1. The zero-order chi connectivity index (χ0) is 14.3.